The molecule has 90 valence electrons. The number of ether oxygens (including phenoxy) is 1. The minimum absolute atomic E-state index is 0.119. The molecule has 0 radical (unpaired) electrons. The maximum atomic E-state index is 11.1. The van der Waals surface area contributed by atoms with Crippen molar-refractivity contribution < 1.29 is 17.3 Å². The molecular formula is C11H16O4S. The van der Waals surface area contributed by atoms with E-state index in [9.17, 15) is 8.42 Å². The largest absolute Gasteiger partial charge is 0.345 e. The van der Waals surface area contributed by atoms with Crippen molar-refractivity contribution in [1.82, 2.24) is 0 Å². The Balaban J connectivity index is 2.88. The van der Waals surface area contributed by atoms with Crippen LogP contribution >= 0.6 is 0 Å². The van der Waals surface area contributed by atoms with Crippen molar-refractivity contribution in [3.05, 3.63) is 35.9 Å². The van der Waals surface area contributed by atoms with E-state index in [1.165, 1.54) is 0 Å². The first-order chi connectivity index (χ1) is 7.38. The summed E-state index contributed by atoms with van der Waals surface area (Å²) in [6.45, 7) is 3.64. The van der Waals surface area contributed by atoms with Crippen LogP contribution in [0, 0.1) is 0 Å². The zero-order valence-electron chi connectivity index (χ0n) is 9.58. The molecule has 1 aromatic carbocycles. The zero-order chi connectivity index (χ0) is 12.2. The van der Waals surface area contributed by atoms with E-state index in [1.807, 2.05) is 19.9 Å². The molecule has 0 heterocycles. The standard InChI is InChI=1S/C11H16O4S/c1-9(2)14-11(15-16(3,12)13)10-7-5-4-6-8-10/h4-9,11H,1-3H3. The maximum Gasteiger partial charge on any atom is 0.267 e. The van der Waals surface area contributed by atoms with Crippen molar-refractivity contribution in [3.63, 3.8) is 0 Å². The topological polar surface area (TPSA) is 52.6 Å². The predicted octanol–water partition coefficient (Wildman–Crippen LogP) is 2.09. The van der Waals surface area contributed by atoms with Gasteiger partial charge in [-0.3, -0.25) is 0 Å². The van der Waals surface area contributed by atoms with Crippen molar-refractivity contribution in [2.75, 3.05) is 6.26 Å². The third-order valence-corrected chi connectivity index (χ3v) is 2.25. The maximum absolute atomic E-state index is 11.1. The number of rotatable bonds is 5. The Morgan fingerprint density at radius 3 is 2.12 bits per heavy atom. The van der Waals surface area contributed by atoms with E-state index in [0.717, 1.165) is 6.26 Å². The van der Waals surface area contributed by atoms with Crippen molar-refractivity contribution in [2.45, 2.75) is 26.2 Å². The summed E-state index contributed by atoms with van der Waals surface area (Å²) in [5, 5.41) is 0. The number of hydrogen-bond acceptors (Lipinski definition) is 4. The van der Waals surface area contributed by atoms with Gasteiger partial charge in [0.25, 0.3) is 10.1 Å². The van der Waals surface area contributed by atoms with E-state index >= 15 is 0 Å². The summed E-state index contributed by atoms with van der Waals surface area (Å²) in [5.74, 6) is 0. The van der Waals surface area contributed by atoms with Crippen LogP contribution < -0.4 is 0 Å². The van der Waals surface area contributed by atoms with Crippen LogP contribution in [0.2, 0.25) is 0 Å². The Labute approximate surface area is 96.3 Å². The Kier molecular flexibility index (Phi) is 4.46. The van der Waals surface area contributed by atoms with Gasteiger partial charge in [0.05, 0.1) is 12.4 Å². The normalized spacial score (nSPS) is 14.0. The fourth-order valence-electron chi connectivity index (χ4n) is 1.17. The van der Waals surface area contributed by atoms with Gasteiger partial charge in [-0.1, -0.05) is 30.3 Å². The second kappa shape index (κ2) is 5.43. The third kappa shape index (κ3) is 4.74. The average molecular weight is 244 g/mol. The van der Waals surface area contributed by atoms with Gasteiger partial charge in [0.2, 0.25) is 6.29 Å². The van der Waals surface area contributed by atoms with Crippen LogP contribution in [0.4, 0.5) is 0 Å². The van der Waals surface area contributed by atoms with Gasteiger partial charge in [-0.25, -0.2) is 4.18 Å². The van der Waals surface area contributed by atoms with Crippen LogP contribution in [0.3, 0.4) is 0 Å². The van der Waals surface area contributed by atoms with Crippen LogP contribution in [0.5, 0.6) is 0 Å². The van der Waals surface area contributed by atoms with Crippen molar-refractivity contribution in [2.24, 2.45) is 0 Å². The molecule has 0 aliphatic rings. The average Bonchev–Trinajstić information content (AvgIpc) is 2.15. The smallest absolute Gasteiger partial charge is 0.267 e. The molecule has 1 rings (SSSR count). The molecule has 0 aromatic heterocycles. The fraction of sp³-hybridized carbons (Fsp3) is 0.455. The van der Waals surface area contributed by atoms with Crippen LogP contribution in [-0.4, -0.2) is 20.8 Å². The lowest BCUT2D eigenvalue weighted by atomic mass is 10.2. The fourth-order valence-corrected chi connectivity index (χ4v) is 1.65. The third-order valence-electron chi connectivity index (χ3n) is 1.73. The first-order valence-electron chi connectivity index (χ1n) is 4.97. The lowest BCUT2D eigenvalue weighted by molar-refractivity contribution is -0.107. The molecule has 0 aliphatic heterocycles. The summed E-state index contributed by atoms with van der Waals surface area (Å²) in [6.07, 6.45) is 0.00950. The van der Waals surface area contributed by atoms with E-state index in [1.54, 1.807) is 24.3 Å². The van der Waals surface area contributed by atoms with Crippen molar-refractivity contribution in [1.29, 1.82) is 0 Å². The molecule has 0 N–H and O–H groups in total. The molecule has 5 heteroatoms. The molecular weight excluding hydrogens is 228 g/mol. The molecule has 0 spiro atoms. The Hall–Kier alpha value is -0.910. The van der Waals surface area contributed by atoms with E-state index < -0.39 is 16.4 Å². The minimum atomic E-state index is -3.54. The Morgan fingerprint density at radius 2 is 1.69 bits per heavy atom. The van der Waals surface area contributed by atoms with Crippen LogP contribution in [-0.2, 0) is 19.0 Å². The molecule has 1 unspecified atom stereocenters. The summed E-state index contributed by atoms with van der Waals surface area (Å²) in [7, 11) is -3.54. The highest BCUT2D eigenvalue weighted by Crippen LogP contribution is 2.22. The second-order valence-electron chi connectivity index (χ2n) is 3.73. The van der Waals surface area contributed by atoms with Gasteiger partial charge in [0.15, 0.2) is 0 Å². The lowest BCUT2D eigenvalue weighted by Crippen LogP contribution is -2.17. The summed E-state index contributed by atoms with van der Waals surface area (Å²) in [4.78, 5) is 0. The SMILES string of the molecule is CC(C)OC(OS(C)(=O)=O)c1ccccc1. The summed E-state index contributed by atoms with van der Waals surface area (Å²) in [5.41, 5.74) is 0.682. The van der Waals surface area contributed by atoms with Crippen LogP contribution in [0.1, 0.15) is 25.7 Å². The number of hydrogen-bond donors (Lipinski definition) is 0. The van der Waals surface area contributed by atoms with E-state index in [-0.39, 0.29) is 6.10 Å². The van der Waals surface area contributed by atoms with E-state index in [4.69, 9.17) is 8.92 Å². The highest BCUT2D eigenvalue weighted by Gasteiger charge is 2.19. The first-order valence-corrected chi connectivity index (χ1v) is 6.79. The molecule has 1 atom stereocenters. The number of benzene rings is 1. The minimum Gasteiger partial charge on any atom is -0.345 e. The van der Waals surface area contributed by atoms with Gasteiger partial charge in [0.1, 0.15) is 0 Å². The van der Waals surface area contributed by atoms with Gasteiger partial charge >= 0.3 is 0 Å². The predicted molar refractivity (Wildman–Crippen MR) is 61.3 cm³/mol. The summed E-state index contributed by atoms with van der Waals surface area (Å²) >= 11 is 0. The van der Waals surface area contributed by atoms with Crippen LogP contribution in [0.25, 0.3) is 0 Å². The molecule has 0 bridgehead atoms. The van der Waals surface area contributed by atoms with Crippen molar-refractivity contribution >= 4 is 10.1 Å². The van der Waals surface area contributed by atoms with E-state index in [2.05, 4.69) is 0 Å². The molecule has 1 aromatic rings. The molecule has 16 heavy (non-hydrogen) atoms. The molecule has 0 amide bonds. The van der Waals surface area contributed by atoms with Gasteiger partial charge in [-0.15, -0.1) is 0 Å². The highest BCUT2D eigenvalue weighted by atomic mass is 32.2. The summed E-state index contributed by atoms with van der Waals surface area (Å²) in [6, 6.07) is 8.97. The Bertz CT molecular complexity index is 411. The molecule has 0 aliphatic carbocycles. The molecule has 0 saturated carbocycles. The zero-order valence-corrected chi connectivity index (χ0v) is 10.4. The monoisotopic (exact) mass is 244 g/mol. The van der Waals surface area contributed by atoms with Crippen LogP contribution in [0.15, 0.2) is 30.3 Å². The van der Waals surface area contributed by atoms with Gasteiger partial charge in [-0.2, -0.15) is 8.42 Å². The Morgan fingerprint density at radius 1 is 1.12 bits per heavy atom. The van der Waals surface area contributed by atoms with Crippen molar-refractivity contribution in [3.8, 4) is 0 Å². The highest BCUT2D eigenvalue weighted by molar-refractivity contribution is 7.85. The molecule has 4 nitrogen and oxygen atoms in total. The first kappa shape index (κ1) is 13.2. The summed E-state index contributed by atoms with van der Waals surface area (Å²) < 4.78 is 32.5. The van der Waals surface area contributed by atoms with Gasteiger partial charge in [0, 0.05) is 5.56 Å². The van der Waals surface area contributed by atoms with Gasteiger partial charge in [-0.05, 0) is 13.8 Å². The van der Waals surface area contributed by atoms with E-state index in [0.29, 0.717) is 5.56 Å². The van der Waals surface area contributed by atoms with Gasteiger partial charge < -0.3 is 4.74 Å². The second-order valence-corrected chi connectivity index (χ2v) is 5.33. The molecule has 0 fully saturated rings. The molecule has 0 saturated heterocycles. The lowest BCUT2D eigenvalue weighted by Gasteiger charge is -2.19. The quantitative estimate of drug-likeness (QED) is 0.588.